The number of aromatic nitrogens is 2. The van der Waals surface area contributed by atoms with E-state index >= 15 is 0 Å². The lowest BCUT2D eigenvalue weighted by Crippen LogP contribution is -2.36. The fourth-order valence-electron chi connectivity index (χ4n) is 1.29. The first-order chi connectivity index (χ1) is 8.08. The van der Waals surface area contributed by atoms with Crippen molar-refractivity contribution in [1.82, 2.24) is 15.1 Å². The molecule has 6 nitrogen and oxygen atoms in total. The highest BCUT2D eigenvalue weighted by molar-refractivity contribution is 5.92. The van der Waals surface area contributed by atoms with Gasteiger partial charge in [-0.1, -0.05) is 6.92 Å². The molecular weight excluding hydrogens is 222 g/mol. The van der Waals surface area contributed by atoms with Gasteiger partial charge in [0.1, 0.15) is 5.69 Å². The van der Waals surface area contributed by atoms with E-state index in [1.54, 1.807) is 6.92 Å². The Bertz CT molecular complexity index is 442. The number of hydrogen-bond donors (Lipinski definition) is 2. The van der Waals surface area contributed by atoms with Crippen LogP contribution in [0.5, 0.6) is 0 Å². The molecule has 0 saturated carbocycles. The van der Waals surface area contributed by atoms with Gasteiger partial charge in [0.25, 0.3) is 11.5 Å². The van der Waals surface area contributed by atoms with Gasteiger partial charge in [-0.05, 0) is 19.4 Å². The third-order valence-corrected chi connectivity index (χ3v) is 2.19. The van der Waals surface area contributed by atoms with Crippen molar-refractivity contribution >= 4 is 5.91 Å². The van der Waals surface area contributed by atoms with E-state index in [4.69, 9.17) is 5.11 Å². The van der Waals surface area contributed by atoms with Crippen LogP contribution in [-0.2, 0) is 6.54 Å². The van der Waals surface area contributed by atoms with Gasteiger partial charge in [-0.15, -0.1) is 0 Å². The Hall–Kier alpha value is -1.69. The molecule has 0 spiro atoms. The lowest BCUT2D eigenvalue weighted by atomic mass is 10.3. The number of rotatable bonds is 5. The summed E-state index contributed by atoms with van der Waals surface area (Å²) in [6, 6.07) is 2.37. The maximum absolute atomic E-state index is 11.7. The van der Waals surface area contributed by atoms with Crippen molar-refractivity contribution in [3.8, 4) is 0 Å². The molecular formula is C11H17N3O3. The zero-order valence-corrected chi connectivity index (χ0v) is 10.0. The van der Waals surface area contributed by atoms with Gasteiger partial charge in [0.15, 0.2) is 0 Å². The minimum atomic E-state index is -0.392. The Balaban J connectivity index is 2.87. The van der Waals surface area contributed by atoms with Gasteiger partial charge >= 0.3 is 0 Å². The zero-order valence-electron chi connectivity index (χ0n) is 10.0. The molecule has 0 bridgehead atoms. The van der Waals surface area contributed by atoms with Crippen molar-refractivity contribution in [2.45, 2.75) is 32.9 Å². The molecule has 6 heteroatoms. The van der Waals surface area contributed by atoms with Gasteiger partial charge in [-0.25, -0.2) is 4.68 Å². The second kappa shape index (κ2) is 6.15. The van der Waals surface area contributed by atoms with Gasteiger partial charge in [-0.2, -0.15) is 5.10 Å². The topological polar surface area (TPSA) is 84.2 Å². The first-order valence-corrected chi connectivity index (χ1v) is 5.58. The number of carbonyl (C=O) groups excluding carboxylic acids is 1. The summed E-state index contributed by atoms with van der Waals surface area (Å²) in [7, 11) is 0. The van der Waals surface area contributed by atoms with E-state index in [1.165, 1.54) is 16.8 Å². The predicted molar refractivity (Wildman–Crippen MR) is 62.8 cm³/mol. The second-order valence-electron chi connectivity index (χ2n) is 3.84. The highest BCUT2D eigenvalue weighted by atomic mass is 16.3. The molecule has 1 rings (SSSR count). The molecule has 0 radical (unpaired) electrons. The van der Waals surface area contributed by atoms with Crippen LogP contribution in [0.25, 0.3) is 0 Å². The molecule has 1 heterocycles. The largest absolute Gasteiger partial charge is 0.394 e. The van der Waals surface area contributed by atoms with Gasteiger partial charge in [0, 0.05) is 18.7 Å². The first-order valence-electron chi connectivity index (χ1n) is 5.58. The average Bonchev–Trinajstić information content (AvgIpc) is 2.32. The molecule has 1 amide bonds. The minimum absolute atomic E-state index is 0.139. The van der Waals surface area contributed by atoms with Crippen LogP contribution >= 0.6 is 0 Å². The van der Waals surface area contributed by atoms with Crippen LogP contribution < -0.4 is 10.9 Å². The van der Waals surface area contributed by atoms with Crippen LogP contribution in [0.4, 0.5) is 0 Å². The highest BCUT2D eigenvalue weighted by Crippen LogP contribution is 1.93. The number of aryl methyl sites for hydroxylation is 1. The second-order valence-corrected chi connectivity index (χ2v) is 3.84. The van der Waals surface area contributed by atoms with Crippen molar-refractivity contribution in [3.05, 3.63) is 28.2 Å². The van der Waals surface area contributed by atoms with E-state index < -0.39 is 5.91 Å². The van der Waals surface area contributed by atoms with Crippen LogP contribution in [0.1, 0.15) is 30.8 Å². The van der Waals surface area contributed by atoms with Crippen LogP contribution in [0, 0.1) is 0 Å². The SMILES string of the molecule is CCCn1nc(C(=O)N[C@H](C)CO)ccc1=O. The van der Waals surface area contributed by atoms with Crippen molar-refractivity contribution in [2.24, 2.45) is 0 Å². The predicted octanol–water partition coefficient (Wildman–Crippen LogP) is -0.236. The van der Waals surface area contributed by atoms with Gasteiger partial charge < -0.3 is 10.4 Å². The molecule has 0 aromatic carbocycles. The first kappa shape index (κ1) is 13.4. The smallest absolute Gasteiger partial charge is 0.272 e. The summed E-state index contributed by atoms with van der Waals surface area (Å²) in [4.78, 5) is 23.1. The van der Waals surface area contributed by atoms with Crippen molar-refractivity contribution < 1.29 is 9.90 Å². The number of aliphatic hydroxyl groups is 1. The van der Waals surface area contributed by atoms with Crippen LogP contribution in [-0.4, -0.2) is 33.4 Å². The van der Waals surface area contributed by atoms with Gasteiger partial charge in [0.05, 0.1) is 6.61 Å². The molecule has 1 atom stereocenters. The Kier molecular flexibility index (Phi) is 4.84. The summed E-state index contributed by atoms with van der Waals surface area (Å²) in [6.07, 6.45) is 0.769. The third kappa shape index (κ3) is 3.67. The Morgan fingerprint density at radius 1 is 1.59 bits per heavy atom. The zero-order chi connectivity index (χ0) is 12.8. The Morgan fingerprint density at radius 2 is 2.29 bits per heavy atom. The summed E-state index contributed by atoms with van der Waals surface area (Å²) in [5, 5.41) is 15.4. The maximum atomic E-state index is 11.7. The number of carbonyl (C=O) groups is 1. The maximum Gasteiger partial charge on any atom is 0.272 e. The highest BCUT2D eigenvalue weighted by Gasteiger charge is 2.11. The lowest BCUT2D eigenvalue weighted by molar-refractivity contribution is 0.0914. The Labute approximate surface area is 99.3 Å². The van der Waals surface area contributed by atoms with Crippen molar-refractivity contribution in [1.29, 1.82) is 0 Å². The normalized spacial score (nSPS) is 12.2. The molecule has 94 valence electrons. The van der Waals surface area contributed by atoms with Crippen molar-refractivity contribution in [3.63, 3.8) is 0 Å². The number of aliphatic hydroxyl groups excluding tert-OH is 1. The summed E-state index contributed by atoms with van der Waals surface area (Å²) in [5.41, 5.74) is -0.0445. The van der Waals surface area contributed by atoms with E-state index in [9.17, 15) is 9.59 Å². The van der Waals surface area contributed by atoms with E-state index in [0.717, 1.165) is 6.42 Å². The van der Waals surface area contributed by atoms with Gasteiger partial charge in [-0.3, -0.25) is 9.59 Å². The molecule has 0 saturated heterocycles. The molecule has 1 aromatic rings. The number of nitrogens with zero attached hydrogens (tertiary/aromatic N) is 2. The quantitative estimate of drug-likeness (QED) is 0.743. The molecule has 0 aliphatic rings. The fraction of sp³-hybridized carbons (Fsp3) is 0.545. The van der Waals surface area contributed by atoms with E-state index in [1.807, 2.05) is 6.92 Å². The summed E-state index contributed by atoms with van der Waals surface area (Å²) < 4.78 is 1.26. The molecule has 0 aliphatic carbocycles. The molecule has 0 aliphatic heterocycles. The van der Waals surface area contributed by atoms with Crippen LogP contribution in [0.2, 0.25) is 0 Å². The van der Waals surface area contributed by atoms with Crippen molar-refractivity contribution in [2.75, 3.05) is 6.61 Å². The molecule has 2 N–H and O–H groups in total. The summed E-state index contributed by atoms with van der Waals surface area (Å²) >= 11 is 0. The monoisotopic (exact) mass is 239 g/mol. The summed E-state index contributed by atoms with van der Waals surface area (Å²) in [5.74, 6) is -0.392. The molecule has 17 heavy (non-hydrogen) atoms. The number of hydrogen-bond acceptors (Lipinski definition) is 4. The number of nitrogens with one attached hydrogen (secondary N) is 1. The van der Waals surface area contributed by atoms with E-state index in [-0.39, 0.29) is 23.9 Å². The number of amides is 1. The van der Waals surface area contributed by atoms with Gasteiger partial charge in [0.2, 0.25) is 0 Å². The standard InChI is InChI=1S/C11H17N3O3/c1-3-6-14-10(16)5-4-9(13-14)11(17)12-8(2)7-15/h4-5,8,15H,3,6-7H2,1-2H3,(H,12,17)/t8-/m1/s1. The lowest BCUT2D eigenvalue weighted by Gasteiger charge is -2.10. The summed E-state index contributed by atoms with van der Waals surface area (Å²) in [6.45, 7) is 3.95. The van der Waals surface area contributed by atoms with Crippen LogP contribution in [0.3, 0.4) is 0 Å². The molecule has 0 unspecified atom stereocenters. The van der Waals surface area contributed by atoms with E-state index in [2.05, 4.69) is 10.4 Å². The average molecular weight is 239 g/mol. The van der Waals surface area contributed by atoms with Crippen LogP contribution in [0.15, 0.2) is 16.9 Å². The molecule has 0 fully saturated rings. The van der Waals surface area contributed by atoms with E-state index in [0.29, 0.717) is 6.54 Å². The third-order valence-electron chi connectivity index (χ3n) is 2.19. The minimum Gasteiger partial charge on any atom is -0.394 e. The molecule has 1 aromatic heterocycles. The Morgan fingerprint density at radius 3 is 2.88 bits per heavy atom. The fourth-order valence-corrected chi connectivity index (χ4v) is 1.29.